The van der Waals surface area contributed by atoms with Gasteiger partial charge in [-0.25, -0.2) is 0 Å². The predicted molar refractivity (Wildman–Crippen MR) is 114 cm³/mol. The molecule has 4 rings (SSSR count). The zero-order valence-electron chi connectivity index (χ0n) is 16.8. The molecule has 2 heterocycles. The Hall–Kier alpha value is -3.45. The lowest BCUT2D eigenvalue weighted by Gasteiger charge is -2.22. The highest BCUT2D eigenvalue weighted by molar-refractivity contribution is 5.92. The molecule has 7 heteroatoms. The fourth-order valence-corrected chi connectivity index (χ4v) is 3.19. The molecule has 1 aliphatic rings. The van der Waals surface area contributed by atoms with Crippen LogP contribution in [-0.4, -0.2) is 35.4 Å². The van der Waals surface area contributed by atoms with Gasteiger partial charge in [-0.3, -0.25) is 4.79 Å². The van der Waals surface area contributed by atoms with Gasteiger partial charge in [0.2, 0.25) is 0 Å². The van der Waals surface area contributed by atoms with Gasteiger partial charge in [-0.15, -0.1) is 10.2 Å². The third-order valence-electron chi connectivity index (χ3n) is 4.81. The van der Waals surface area contributed by atoms with Crippen molar-refractivity contribution in [3.8, 4) is 11.5 Å². The molecule has 7 nitrogen and oxygen atoms in total. The van der Waals surface area contributed by atoms with Gasteiger partial charge in [0.15, 0.2) is 11.5 Å². The van der Waals surface area contributed by atoms with Crippen molar-refractivity contribution >= 4 is 17.4 Å². The summed E-state index contributed by atoms with van der Waals surface area (Å²) >= 11 is 0. The number of carbonyl (C=O) groups is 1. The Kier molecular flexibility index (Phi) is 6.20. The van der Waals surface area contributed by atoms with Gasteiger partial charge in [0.05, 0.1) is 0 Å². The van der Waals surface area contributed by atoms with E-state index in [9.17, 15) is 4.79 Å². The van der Waals surface area contributed by atoms with E-state index in [0.717, 1.165) is 35.6 Å². The monoisotopic (exact) mass is 404 g/mol. The first-order valence-electron chi connectivity index (χ1n) is 10.00. The summed E-state index contributed by atoms with van der Waals surface area (Å²) in [6.45, 7) is 3.38. The van der Waals surface area contributed by atoms with Crippen LogP contribution < -0.4 is 15.4 Å². The Balaban J connectivity index is 1.33. The molecule has 0 aliphatic carbocycles. The Bertz CT molecular complexity index is 984. The maximum Gasteiger partial charge on any atom is 0.272 e. The highest BCUT2D eigenvalue weighted by Crippen LogP contribution is 2.24. The van der Waals surface area contributed by atoms with Crippen LogP contribution in [0.4, 0.5) is 11.5 Å². The fraction of sp³-hybridized carbons (Fsp3) is 0.261. The van der Waals surface area contributed by atoms with Crippen LogP contribution in [0.2, 0.25) is 0 Å². The fourth-order valence-electron chi connectivity index (χ4n) is 3.19. The van der Waals surface area contributed by atoms with Crippen molar-refractivity contribution in [2.75, 3.05) is 18.5 Å². The summed E-state index contributed by atoms with van der Waals surface area (Å²) in [4.78, 5) is 12.3. The van der Waals surface area contributed by atoms with E-state index >= 15 is 0 Å². The van der Waals surface area contributed by atoms with Crippen molar-refractivity contribution in [3.05, 3.63) is 71.9 Å². The molecular weight excluding hydrogens is 380 g/mol. The molecule has 1 aliphatic heterocycles. The lowest BCUT2D eigenvalue weighted by atomic mass is 10.1. The van der Waals surface area contributed by atoms with E-state index < -0.39 is 0 Å². The van der Waals surface area contributed by atoms with E-state index in [0.29, 0.717) is 24.7 Å². The van der Waals surface area contributed by atoms with Gasteiger partial charge in [-0.2, -0.15) is 0 Å². The van der Waals surface area contributed by atoms with E-state index in [1.54, 1.807) is 12.1 Å². The molecule has 154 valence electrons. The number of hydrogen-bond donors (Lipinski definition) is 2. The van der Waals surface area contributed by atoms with Crippen molar-refractivity contribution in [2.45, 2.75) is 25.8 Å². The average molecular weight is 404 g/mol. The maximum atomic E-state index is 12.3. The molecule has 1 fully saturated rings. The van der Waals surface area contributed by atoms with Crippen LogP contribution in [0.25, 0.3) is 0 Å². The smallest absolute Gasteiger partial charge is 0.272 e. The largest absolute Gasteiger partial charge is 0.457 e. The molecule has 0 spiro atoms. The van der Waals surface area contributed by atoms with E-state index in [1.165, 1.54) is 0 Å². The molecular formula is C23H24N4O3. The van der Waals surface area contributed by atoms with Crippen LogP contribution in [0.3, 0.4) is 0 Å². The summed E-state index contributed by atoms with van der Waals surface area (Å²) in [7, 11) is 0. The van der Waals surface area contributed by atoms with E-state index in [1.807, 2.05) is 55.5 Å². The van der Waals surface area contributed by atoms with Gasteiger partial charge in [0.1, 0.15) is 11.5 Å². The van der Waals surface area contributed by atoms with Gasteiger partial charge in [-0.1, -0.05) is 12.1 Å². The second-order valence-corrected chi connectivity index (χ2v) is 7.23. The zero-order chi connectivity index (χ0) is 20.8. The average Bonchev–Trinajstić information content (AvgIpc) is 2.76. The number of rotatable bonds is 6. The molecule has 2 aromatic carbocycles. The van der Waals surface area contributed by atoms with Gasteiger partial charge >= 0.3 is 0 Å². The third-order valence-corrected chi connectivity index (χ3v) is 4.81. The minimum atomic E-state index is -0.210. The number of benzene rings is 2. The topological polar surface area (TPSA) is 85.4 Å². The van der Waals surface area contributed by atoms with Crippen molar-refractivity contribution in [1.29, 1.82) is 0 Å². The van der Waals surface area contributed by atoms with Crippen LogP contribution in [-0.2, 0) is 4.74 Å². The molecule has 0 unspecified atom stereocenters. The molecule has 1 aromatic heterocycles. The number of nitrogens with one attached hydrogen (secondary N) is 2. The molecule has 1 amide bonds. The standard InChI is InChI=1S/C23H24N4O3/c1-16-3-2-4-20(15-16)30-19-7-5-17(6-8-19)24-22-10-9-21(26-27-22)23(28)25-18-11-13-29-14-12-18/h2-10,15,18H,11-14H2,1H3,(H,24,27)(H,25,28). The second kappa shape index (κ2) is 9.37. The lowest BCUT2D eigenvalue weighted by Crippen LogP contribution is -2.39. The van der Waals surface area contributed by atoms with Crippen LogP contribution in [0.15, 0.2) is 60.7 Å². The van der Waals surface area contributed by atoms with Gasteiger partial charge < -0.3 is 20.1 Å². The number of hydrogen-bond acceptors (Lipinski definition) is 6. The number of anilines is 2. The first-order valence-corrected chi connectivity index (χ1v) is 10.00. The van der Waals surface area contributed by atoms with E-state index in [2.05, 4.69) is 20.8 Å². The van der Waals surface area contributed by atoms with Crippen LogP contribution in [0.5, 0.6) is 11.5 Å². The Morgan fingerprint density at radius 1 is 1.00 bits per heavy atom. The van der Waals surface area contributed by atoms with E-state index in [4.69, 9.17) is 9.47 Å². The molecule has 0 bridgehead atoms. The lowest BCUT2D eigenvalue weighted by molar-refractivity contribution is 0.0693. The summed E-state index contributed by atoms with van der Waals surface area (Å²) in [5, 5.41) is 14.3. The van der Waals surface area contributed by atoms with Crippen LogP contribution >= 0.6 is 0 Å². The highest BCUT2D eigenvalue weighted by Gasteiger charge is 2.18. The SMILES string of the molecule is Cc1cccc(Oc2ccc(Nc3ccc(C(=O)NC4CCOCC4)nn3)cc2)c1. The molecule has 30 heavy (non-hydrogen) atoms. The molecule has 3 aromatic rings. The Morgan fingerprint density at radius 3 is 2.50 bits per heavy atom. The second-order valence-electron chi connectivity index (χ2n) is 7.23. The number of aryl methyl sites for hydroxylation is 1. The van der Waals surface area contributed by atoms with Crippen molar-refractivity contribution in [3.63, 3.8) is 0 Å². The Labute approximate surface area is 175 Å². The van der Waals surface area contributed by atoms with Gasteiger partial charge in [0, 0.05) is 24.9 Å². The maximum absolute atomic E-state index is 12.3. The number of carbonyl (C=O) groups excluding carboxylic acids is 1. The molecule has 2 N–H and O–H groups in total. The summed E-state index contributed by atoms with van der Waals surface area (Å²) in [5.41, 5.74) is 2.29. The molecule has 0 atom stereocenters. The number of ether oxygens (including phenoxy) is 2. The molecule has 0 saturated carbocycles. The molecule has 0 radical (unpaired) electrons. The summed E-state index contributed by atoms with van der Waals surface area (Å²) < 4.78 is 11.2. The quantitative estimate of drug-likeness (QED) is 0.640. The Morgan fingerprint density at radius 2 is 1.80 bits per heavy atom. The first-order chi connectivity index (χ1) is 14.7. The third kappa shape index (κ3) is 5.33. The summed E-state index contributed by atoms with van der Waals surface area (Å²) in [5.74, 6) is 1.90. The number of amides is 1. The van der Waals surface area contributed by atoms with Gasteiger partial charge in [-0.05, 0) is 73.9 Å². The number of nitrogens with zero attached hydrogens (tertiary/aromatic N) is 2. The predicted octanol–water partition coefficient (Wildman–Crippen LogP) is 4.23. The summed E-state index contributed by atoms with van der Waals surface area (Å²) in [6, 6.07) is 19.0. The zero-order valence-corrected chi connectivity index (χ0v) is 16.8. The van der Waals surface area contributed by atoms with E-state index in [-0.39, 0.29) is 11.9 Å². The first kappa shape index (κ1) is 19.8. The van der Waals surface area contributed by atoms with Crippen molar-refractivity contribution in [1.82, 2.24) is 15.5 Å². The van der Waals surface area contributed by atoms with Crippen LogP contribution in [0.1, 0.15) is 28.9 Å². The highest BCUT2D eigenvalue weighted by atomic mass is 16.5. The minimum absolute atomic E-state index is 0.131. The van der Waals surface area contributed by atoms with Gasteiger partial charge in [0.25, 0.3) is 5.91 Å². The van der Waals surface area contributed by atoms with Crippen LogP contribution in [0, 0.1) is 6.92 Å². The number of aromatic nitrogens is 2. The summed E-state index contributed by atoms with van der Waals surface area (Å²) in [6.07, 6.45) is 1.64. The van der Waals surface area contributed by atoms with Crippen molar-refractivity contribution < 1.29 is 14.3 Å². The molecule has 1 saturated heterocycles. The normalized spacial score (nSPS) is 14.2. The minimum Gasteiger partial charge on any atom is -0.457 e. The van der Waals surface area contributed by atoms with Crippen molar-refractivity contribution in [2.24, 2.45) is 0 Å².